The van der Waals surface area contributed by atoms with Crippen LogP contribution < -0.4 is 4.74 Å². The minimum Gasteiger partial charge on any atom is -0.503 e. The molecule has 0 saturated carbocycles. The van der Waals surface area contributed by atoms with Gasteiger partial charge in [0.2, 0.25) is 0 Å². The number of halogens is 4. The molecule has 3 nitrogen and oxygen atoms in total. The second-order valence-electron chi connectivity index (χ2n) is 2.42. The van der Waals surface area contributed by atoms with Crippen molar-refractivity contribution in [2.75, 3.05) is 0 Å². The van der Waals surface area contributed by atoms with Crippen LogP contribution in [0.3, 0.4) is 0 Å². The zero-order chi connectivity index (χ0) is 10.9. The van der Waals surface area contributed by atoms with Crippen LogP contribution in [-0.4, -0.2) is 16.5 Å². The zero-order valence-electron chi connectivity index (χ0n) is 6.89. The van der Waals surface area contributed by atoms with Crippen LogP contribution in [0.15, 0.2) is 10.7 Å². The summed E-state index contributed by atoms with van der Waals surface area (Å²) in [5, 5.41) is 9.06. The minimum absolute atomic E-state index is 0.0187. The van der Waals surface area contributed by atoms with Gasteiger partial charge in [-0.05, 0) is 22.9 Å². The topological polar surface area (TPSA) is 42.4 Å². The van der Waals surface area contributed by atoms with E-state index in [2.05, 4.69) is 25.7 Å². The Bertz CT molecular complexity index is 354. The molecule has 78 valence electrons. The molecule has 14 heavy (non-hydrogen) atoms. The third-order valence-electron chi connectivity index (χ3n) is 1.35. The van der Waals surface area contributed by atoms with Gasteiger partial charge >= 0.3 is 6.36 Å². The van der Waals surface area contributed by atoms with Gasteiger partial charge < -0.3 is 9.84 Å². The highest BCUT2D eigenvalue weighted by atomic mass is 79.9. The maximum atomic E-state index is 11.9. The number of pyridine rings is 1. The molecule has 1 aromatic heterocycles. The number of hydrogen-bond acceptors (Lipinski definition) is 3. The number of alkyl halides is 3. The first-order chi connectivity index (χ1) is 6.31. The number of rotatable bonds is 1. The molecule has 1 rings (SSSR count). The lowest BCUT2D eigenvalue weighted by atomic mass is 10.3. The van der Waals surface area contributed by atoms with Gasteiger partial charge in [0.15, 0.2) is 11.5 Å². The Hall–Kier alpha value is -0.980. The maximum absolute atomic E-state index is 11.9. The van der Waals surface area contributed by atoms with E-state index in [-0.39, 0.29) is 4.47 Å². The molecule has 0 aliphatic heterocycles. The van der Waals surface area contributed by atoms with E-state index in [9.17, 15) is 13.2 Å². The van der Waals surface area contributed by atoms with Gasteiger partial charge in [0.1, 0.15) is 0 Å². The van der Waals surface area contributed by atoms with E-state index in [0.717, 1.165) is 6.20 Å². The summed E-state index contributed by atoms with van der Waals surface area (Å²) in [4.78, 5) is 3.62. The van der Waals surface area contributed by atoms with E-state index in [1.807, 2.05) is 0 Å². The van der Waals surface area contributed by atoms with Crippen molar-refractivity contribution in [3.05, 3.63) is 16.4 Å². The van der Waals surface area contributed by atoms with Gasteiger partial charge in [-0.1, -0.05) is 0 Å². The van der Waals surface area contributed by atoms with Crippen molar-refractivity contribution in [1.29, 1.82) is 0 Å². The summed E-state index contributed by atoms with van der Waals surface area (Å²) < 4.78 is 39.2. The molecule has 0 spiro atoms. The molecule has 0 bridgehead atoms. The van der Waals surface area contributed by atoms with Crippen LogP contribution in [0, 0.1) is 6.92 Å². The van der Waals surface area contributed by atoms with E-state index in [1.165, 1.54) is 6.92 Å². The smallest absolute Gasteiger partial charge is 0.503 e. The highest BCUT2D eigenvalue weighted by Crippen LogP contribution is 2.38. The lowest BCUT2D eigenvalue weighted by Gasteiger charge is -2.12. The molecule has 1 aromatic rings. The predicted molar refractivity (Wildman–Crippen MR) is 45.0 cm³/mol. The molecule has 1 N–H and O–H groups in total. The summed E-state index contributed by atoms with van der Waals surface area (Å²) in [7, 11) is 0. The first kappa shape index (κ1) is 11.1. The fourth-order valence-electron chi connectivity index (χ4n) is 0.763. The summed E-state index contributed by atoms with van der Waals surface area (Å²) in [6.45, 7) is 1.48. The van der Waals surface area contributed by atoms with Crippen molar-refractivity contribution in [3.8, 4) is 11.5 Å². The number of hydrogen-bond donors (Lipinski definition) is 1. The Labute approximate surface area is 85.7 Å². The third-order valence-corrected chi connectivity index (χ3v) is 2.28. The first-order valence-electron chi connectivity index (χ1n) is 3.41. The van der Waals surface area contributed by atoms with Crippen molar-refractivity contribution >= 4 is 15.9 Å². The summed E-state index contributed by atoms with van der Waals surface area (Å²) in [5.41, 5.74) is 0.294. The molecule has 0 radical (unpaired) electrons. The number of aromatic hydroxyl groups is 1. The van der Waals surface area contributed by atoms with Crippen LogP contribution in [-0.2, 0) is 0 Å². The summed E-state index contributed by atoms with van der Waals surface area (Å²) in [6.07, 6.45) is -3.95. The van der Waals surface area contributed by atoms with Crippen molar-refractivity contribution in [2.24, 2.45) is 0 Å². The summed E-state index contributed by atoms with van der Waals surface area (Å²) in [5.74, 6) is -1.34. The molecule has 0 saturated heterocycles. The molecule has 0 atom stereocenters. The van der Waals surface area contributed by atoms with Crippen LogP contribution in [0.4, 0.5) is 13.2 Å². The number of ether oxygens (including phenoxy) is 1. The molecule has 1 heterocycles. The lowest BCUT2D eigenvalue weighted by Crippen LogP contribution is -2.17. The van der Waals surface area contributed by atoms with Gasteiger partial charge in [0, 0.05) is 0 Å². The van der Waals surface area contributed by atoms with Crippen LogP contribution in [0.2, 0.25) is 0 Å². The molecule has 0 aliphatic carbocycles. The van der Waals surface area contributed by atoms with Crippen LogP contribution in [0.1, 0.15) is 5.69 Å². The summed E-state index contributed by atoms with van der Waals surface area (Å²) >= 11 is 2.84. The average Bonchev–Trinajstić information content (AvgIpc) is 2.04. The van der Waals surface area contributed by atoms with E-state index < -0.39 is 17.9 Å². The minimum atomic E-state index is -4.84. The van der Waals surface area contributed by atoms with E-state index >= 15 is 0 Å². The summed E-state index contributed by atoms with van der Waals surface area (Å²) in [6, 6.07) is 0. The van der Waals surface area contributed by atoms with Gasteiger partial charge in [-0.3, -0.25) is 4.98 Å². The predicted octanol–water partition coefficient (Wildman–Crippen LogP) is 2.76. The third kappa shape index (κ3) is 2.50. The van der Waals surface area contributed by atoms with Crippen LogP contribution >= 0.6 is 15.9 Å². The zero-order valence-corrected chi connectivity index (χ0v) is 8.48. The molecule has 0 unspecified atom stereocenters. The quantitative estimate of drug-likeness (QED) is 0.854. The normalized spacial score (nSPS) is 11.5. The van der Waals surface area contributed by atoms with Crippen molar-refractivity contribution in [2.45, 2.75) is 13.3 Å². The maximum Gasteiger partial charge on any atom is 0.573 e. The largest absolute Gasteiger partial charge is 0.573 e. The molecule has 7 heteroatoms. The van der Waals surface area contributed by atoms with Gasteiger partial charge in [-0.15, -0.1) is 13.2 Å². The molecule has 0 amide bonds. The Morgan fingerprint density at radius 1 is 1.50 bits per heavy atom. The Morgan fingerprint density at radius 2 is 2.07 bits per heavy atom. The van der Waals surface area contributed by atoms with Gasteiger partial charge in [0.05, 0.1) is 16.4 Å². The highest BCUT2D eigenvalue weighted by Gasteiger charge is 2.33. The number of aryl methyl sites for hydroxylation is 1. The SMILES string of the molecule is Cc1ncc(O)c(OC(F)(F)F)c1Br. The number of aromatic nitrogens is 1. The average molecular weight is 272 g/mol. The Balaban J connectivity index is 3.13. The van der Waals surface area contributed by atoms with E-state index in [1.54, 1.807) is 0 Å². The standard InChI is InChI=1S/C7H5BrF3NO2/c1-3-5(8)6(4(13)2-12-3)14-7(9,10)11/h2,13H,1H3. The molecule has 0 fully saturated rings. The van der Waals surface area contributed by atoms with Gasteiger partial charge in [-0.25, -0.2) is 0 Å². The van der Waals surface area contributed by atoms with Crippen molar-refractivity contribution < 1.29 is 23.0 Å². The molecular formula is C7H5BrF3NO2. The van der Waals surface area contributed by atoms with Crippen LogP contribution in [0.25, 0.3) is 0 Å². The van der Waals surface area contributed by atoms with E-state index in [4.69, 9.17) is 5.11 Å². The molecular weight excluding hydrogens is 267 g/mol. The fraction of sp³-hybridized carbons (Fsp3) is 0.286. The second-order valence-corrected chi connectivity index (χ2v) is 3.21. The fourth-order valence-corrected chi connectivity index (χ4v) is 1.15. The van der Waals surface area contributed by atoms with E-state index in [0.29, 0.717) is 5.69 Å². The number of nitrogens with zero attached hydrogens (tertiary/aromatic N) is 1. The second kappa shape index (κ2) is 3.64. The van der Waals surface area contributed by atoms with Crippen molar-refractivity contribution in [1.82, 2.24) is 4.98 Å². The van der Waals surface area contributed by atoms with Gasteiger partial charge in [-0.2, -0.15) is 0 Å². The van der Waals surface area contributed by atoms with Crippen LogP contribution in [0.5, 0.6) is 11.5 Å². The first-order valence-corrected chi connectivity index (χ1v) is 4.20. The Morgan fingerprint density at radius 3 is 2.57 bits per heavy atom. The van der Waals surface area contributed by atoms with Crippen molar-refractivity contribution in [3.63, 3.8) is 0 Å². The lowest BCUT2D eigenvalue weighted by molar-refractivity contribution is -0.275. The van der Waals surface area contributed by atoms with Gasteiger partial charge in [0.25, 0.3) is 0 Å². The highest BCUT2D eigenvalue weighted by molar-refractivity contribution is 9.10. The Kier molecular flexibility index (Phi) is 2.89. The molecule has 0 aliphatic rings. The molecule has 0 aromatic carbocycles. The monoisotopic (exact) mass is 271 g/mol.